The van der Waals surface area contributed by atoms with E-state index in [1.165, 1.54) is 43.4 Å². The molecule has 0 fully saturated rings. The Bertz CT molecular complexity index is 3430. The molecule has 0 atom stereocenters. The van der Waals surface area contributed by atoms with Crippen molar-refractivity contribution in [3.05, 3.63) is 187 Å². The van der Waals surface area contributed by atoms with Crippen LogP contribution >= 0.6 is 0 Å². The predicted molar refractivity (Wildman–Crippen MR) is 234 cm³/mol. The molecule has 0 bridgehead atoms. The fourth-order valence-electron chi connectivity index (χ4n) is 9.49. The molecule has 0 amide bonds. The molecule has 11 aromatic rings. The molecule has 0 saturated heterocycles. The fourth-order valence-corrected chi connectivity index (χ4v) is 9.49. The van der Waals surface area contributed by atoms with E-state index in [1.54, 1.807) is 0 Å². The van der Waals surface area contributed by atoms with Gasteiger partial charge in [-0.1, -0.05) is 105 Å². The molecule has 0 spiro atoms. The molecule has 0 unspecified atom stereocenters. The molecule has 57 heavy (non-hydrogen) atoms. The minimum absolute atomic E-state index is 0.400. The molecule has 1 aliphatic carbocycles. The summed E-state index contributed by atoms with van der Waals surface area (Å²) in [6.45, 7) is 4.66. The maximum absolute atomic E-state index is 5.69. The number of aromatic nitrogens is 5. The Balaban J connectivity index is 1.17. The lowest BCUT2D eigenvalue weighted by molar-refractivity contribution is 0.651. The van der Waals surface area contributed by atoms with E-state index < -0.39 is 5.41 Å². The molecule has 5 heteroatoms. The molecule has 12 rings (SSSR count). The number of hydrogen-bond acceptors (Lipinski definition) is 3. The third kappa shape index (κ3) is 4.60. The van der Waals surface area contributed by atoms with Crippen molar-refractivity contribution in [3.8, 4) is 45.3 Å². The molecule has 268 valence electrons. The van der Waals surface area contributed by atoms with E-state index in [1.807, 2.05) is 12.4 Å². The van der Waals surface area contributed by atoms with Crippen LogP contribution in [0.25, 0.3) is 99.7 Å². The van der Waals surface area contributed by atoms with Crippen molar-refractivity contribution < 1.29 is 0 Å². The van der Waals surface area contributed by atoms with Gasteiger partial charge in [-0.3, -0.25) is 9.55 Å². The lowest BCUT2D eigenvalue weighted by Crippen LogP contribution is -2.20. The maximum Gasteiger partial charge on any atom is 0.162 e. The van der Waals surface area contributed by atoms with Crippen molar-refractivity contribution in [2.24, 2.45) is 0 Å². The summed E-state index contributed by atoms with van der Waals surface area (Å²) in [6.07, 6.45) is 3.72. The van der Waals surface area contributed by atoms with Gasteiger partial charge in [0.15, 0.2) is 5.82 Å². The summed E-state index contributed by atoms with van der Waals surface area (Å²) < 4.78 is 4.75. The first kappa shape index (κ1) is 31.9. The zero-order chi connectivity index (χ0) is 37.8. The highest BCUT2D eigenvalue weighted by Crippen LogP contribution is 2.52. The van der Waals surface area contributed by atoms with E-state index in [-0.39, 0.29) is 0 Å². The quantitative estimate of drug-likeness (QED) is 0.181. The summed E-state index contributed by atoms with van der Waals surface area (Å²) in [7, 11) is 0. The van der Waals surface area contributed by atoms with Gasteiger partial charge in [0, 0.05) is 61.7 Å². The SMILES string of the molecule is CC1(C)c2cc(-c3ccncc3)ccc2-c2nc(-c3ccc4c(c3)c3ccccc3n4-c3ccccc3)nc(-n3c4ccccc4c4cc5ccccc5cc43)c21. The second-order valence-corrected chi connectivity index (χ2v) is 15.7. The third-order valence-corrected chi connectivity index (χ3v) is 12.2. The average molecular weight is 730 g/mol. The monoisotopic (exact) mass is 729 g/mol. The minimum Gasteiger partial charge on any atom is -0.309 e. The Morgan fingerprint density at radius 2 is 1.09 bits per heavy atom. The van der Waals surface area contributed by atoms with Crippen LogP contribution in [0.4, 0.5) is 0 Å². The fraction of sp³-hybridized carbons (Fsp3) is 0.0577. The van der Waals surface area contributed by atoms with Crippen molar-refractivity contribution in [3.63, 3.8) is 0 Å². The summed E-state index contributed by atoms with van der Waals surface area (Å²) in [5, 5.41) is 7.20. The molecule has 0 saturated carbocycles. The Morgan fingerprint density at radius 1 is 0.456 bits per heavy atom. The summed E-state index contributed by atoms with van der Waals surface area (Å²) in [5.41, 5.74) is 13.1. The van der Waals surface area contributed by atoms with Crippen LogP contribution in [0.15, 0.2) is 176 Å². The van der Waals surface area contributed by atoms with Crippen LogP contribution in [0, 0.1) is 0 Å². The van der Waals surface area contributed by atoms with Crippen LogP contribution in [-0.4, -0.2) is 24.1 Å². The lowest BCUT2D eigenvalue weighted by atomic mass is 9.81. The first-order valence-corrected chi connectivity index (χ1v) is 19.5. The van der Waals surface area contributed by atoms with Gasteiger partial charge in [0.2, 0.25) is 0 Å². The largest absolute Gasteiger partial charge is 0.309 e. The van der Waals surface area contributed by atoms with Crippen LogP contribution in [0.5, 0.6) is 0 Å². The van der Waals surface area contributed by atoms with Crippen LogP contribution in [0.2, 0.25) is 0 Å². The van der Waals surface area contributed by atoms with Gasteiger partial charge in [-0.2, -0.15) is 0 Å². The third-order valence-electron chi connectivity index (χ3n) is 12.2. The summed E-state index contributed by atoms with van der Waals surface area (Å²) in [4.78, 5) is 15.5. The number of hydrogen-bond donors (Lipinski definition) is 0. The van der Waals surface area contributed by atoms with Crippen molar-refractivity contribution >= 4 is 54.4 Å². The molecule has 4 aromatic heterocycles. The van der Waals surface area contributed by atoms with E-state index in [2.05, 4.69) is 192 Å². The maximum atomic E-state index is 5.69. The Labute approximate surface area is 329 Å². The number of nitrogens with zero attached hydrogens (tertiary/aromatic N) is 5. The molecule has 1 aliphatic rings. The Kier molecular flexibility index (Phi) is 6.62. The standard InChI is InChI=1S/C52H35N5/c1-52(2)43-30-35(32-24-26-53-27-25-32)20-22-40(43)49-48(52)51(57-45-19-11-9-17-39(45)42-28-33-12-6-7-13-34(33)31-47(42)57)55-50(54-49)36-21-23-46-41(29-36)38-16-8-10-18-44(38)56(46)37-14-4-3-5-15-37/h3-31H,1-2H3. The van der Waals surface area contributed by atoms with Crippen molar-refractivity contribution in [1.82, 2.24) is 24.1 Å². The number of pyridine rings is 1. The van der Waals surface area contributed by atoms with Crippen molar-refractivity contribution in [2.45, 2.75) is 19.3 Å². The molecule has 4 heterocycles. The zero-order valence-corrected chi connectivity index (χ0v) is 31.5. The topological polar surface area (TPSA) is 48.5 Å². The first-order chi connectivity index (χ1) is 28.0. The smallest absolute Gasteiger partial charge is 0.162 e. The van der Waals surface area contributed by atoms with Gasteiger partial charge in [-0.15, -0.1) is 0 Å². The molecule has 0 N–H and O–H groups in total. The first-order valence-electron chi connectivity index (χ1n) is 19.5. The van der Waals surface area contributed by atoms with E-state index in [0.29, 0.717) is 5.82 Å². The van der Waals surface area contributed by atoms with Gasteiger partial charge in [0.25, 0.3) is 0 Å². The van der Waals surface area contributed by atoms with E-state index in [4.69, 9.17) is 9.97 Å². The summed E-state index contributed by atoms with van der Waals surface area (Å²) >= 11 is 0. The number of rotatable bonds is 4. The lowest BCUT2D eigenvalue weighted by Gasteiger charge is -2.25. The summed E-state index contributed by atoms with van der Waals surface area (Å²) in [6, 6.07) is 59.0. The van der Waals surface area contributed by atoms with E-state index >= 15 is 0 Å². The van der Waals surface area contributed by atoms with Crippen LogP contribution in [0.3, 0.4) is 0 Å². The highest BCUT2D eigenvalue weighted by molar-refractivity contribution is 6.14. The van der Waals surface area contributed by atoms with Gasteiger partial charge in [0.1, 0.15) is 5.82 Å². The van der Waals surface area contributed by atoms with Gasteiger partial charge in [0.05, 0.1) is 27.8 Å². The normalized spacial score (nSPS) is 13.2. The highest BCUT2D eigenvalue weighted by Gasteiger charge is 2.41. The summed E-state index contributed by atoms with van der Waals surface area (Å²) in [5.74, 6) is 1.62. The minimum atomic E-state index is -0.400. The average Bonchev–Trinajstić information content (AvgIpc) is 3.85. The van der Waals surface area contributed by atoms with Crippen LogP contribution in [-0.2, 0) is 5.41 Å². The molecule has 5 nitrogen and oxygen atoms in total. The molecular weight excluding hydrogens is 695 g/mol. The van der Waals surface area contributed by atoms with Gasteiger partial charge >= 0.3 is 0 Å². The van der Waals surface area contributed by atoms with Crippen LogP contribution < -0.4 is 0 Å². The van der Waals surface area contributed by atoms with Gasteiger partial charge in [-0.25, -0.2) is 9.97 Å². The number of fused-ring (bicyclic) bond motifs is 10. The van der Waals surface area contributed by atoms with Crippen molar-refractivity contribution in [1.29, 1.82) is 0 Å². The molecular formula is C52H35N5. The van der Waals surface area contributed by atoms with Gasteiger partial charge in [-0.05, 0) is 100 Å². The molecule has 0 radical (unpaired) electrons. The highest BCUT2D eigenvalue weighted by atomic mass is 15.1. The van der Waals surface area contributed by atoms with Crippen LogP contribution in [0.1, 0.15) is 25.0 Å². The Hall–Kier alpha value is -7.37. The second kappa shape index (κ2) is 11.8. The van der Waals surface area contributed by atoms with Crippen molar-refractivity contribution in [2.75, 3.05) is 0 Å². The molecule has 7 aromatic carbocycles. The number of benzene rings is 7. The number of para-hydroxylation sites is 3. The van der Waals surface area contributed by atoms with E-state index in [0.717, 1.165) is 61.6 Å². The Morgan fingerprint density at radius 3 is 1.86 bits per heavy atom. The van der Waals surface area contributed by atoms with E-state index in [9.17, 15) is 0 Å². The zero-order valence-electron chi connectivity index (χ0n) is 31.5. The second-order valence-electron chi connectivity index (χ2n) is 15.7. The molecule has 0 aliphatic heterocycles. The predicted octanol–water partition coefficient (Wildman–Crippen LogP) is 12.9. The van der Waals surface area contributed by atoms with Gasteiger partial charge < -0.3 is 4.57 Å².